The van der Waals surface area contributed by atoms with Crippen molar-refractivity contribution in [3.8, 4) is 11.3 Å². The van der Waals surface area contributed by atoms with Gasteiger partial charge in [0.1, 0.15) is 0 Å². The van der Waals surface area contributed by atoms with E-state index in [0.29, 0.717) is 17.3 Å². The maximum Gasteiger partial charge on any atom is 0.230 e. The van der Waals surface area contributed by atoms with Crippen molar-refractivity contribution in [1.29, 1.82) is 0 Å². The number of rotatable bonds is 6. The van der Waals surface area contributed by atoms with Crippen LogP contribution >= 0.6 is 23.4 Å². The van der Waals surface area contributed by atoms with Crippen molar-refractivity contribution in [3.63, 3.8) is 0 Å². The number of halogens is 1. The van der Waals surface area contributed by atoms with E-state index in [0.717, 1.165) is 22.0 Å². The van der Waals surface area contributed by atoms with Gasteiger partial charge in [-0.2, -0.15) is 0 Å². The molecule has 0 saturated carbocycles. The van der Waals surface area contributed by atoms with Crippen LogP contribution in [0, 0.1) is 0 Å². The van der Waals surface area contributed by atoms with E-state index in [9.17, 15) is 4.79 Å². The van der Waals surface area contributed by atoms with E-state index < -0.39 is 0 Å². The maximum absolute atomic E-state index is 12.1. The van der Waals surface area contributed by atoms with Crippen LogP contribution in [0.2, 0.25) is 5.02 Å². The first-order valence-corrected chi connectivity index (χ1v) is 9.21. The van der Waals surface area contributed by atoms with Gasteiger partial charge in [-0.25, -0.2) is 4.98 Å². The highest BCUT2D eigenvalue weighted by Crippen LogP contribution is 2.24. The molecule has 0 aliphatic rings. The fraction of sp³-hybridized carbons (Fsp3) is 0.158. The Morgan fingerprint density at radius 3 is 2.64 bits per heavy atom. The van der Waals surface area contributed by atoms with Crippen molar-refractivity contribution in [2.45, 2.75) is 11.7 Å². The first-order chi connectivity index (χ1) is 12.1. The number of hydrogen-bond acceptors (Lipinski definition) is 3. The third-order valence-electron chi connectivity index (χ3n) is 3.78. The fourth-order valence-corrected chi connectivity index (χ4v) is 3.40. The lowest BCUT2D eigenvalue weighted by Crippen LogP contribution is -2.24. The zero-order valence-corrected chi connectivity index (χ0v) is 15.3. The van der Waals surface area contributed by atoms with Gasteiger partial charge in [-0.3, -0.25) is 4.79 Å². The highest BCUT2D eigenvalue weighted by atomic mass is 35.5. The van der Waals surface area contributed by atoms with Crippen molar-refractivity contribution in [2.24, 2.45) is 7.05 Å². The van der Waals surface area contributed by atoms with Crippen molar-refractivity contribution in [1.82, 2.24) is 14.9 Å². The summed E-state index contributed by atoms with van der Waals surface area (Å²) >= 11 is 7.51. The van der Waals surface area contributed by atoms with Crippen molar-refractivity contribution in [3.05, 3.63) is 71.4 Å². The molecule has 0 unspecified atom stereocenters. The summed E-state index contributed by atoms with van der Waals surface area (Å²) in [5.41, 5.74) is 3.04. The molecule has 1 amide bonds. The van der Waals surface area contributed by atoms with Crippen LogP contribution in [0.4, 0.5) is 0 Å². The normalized spacial score (nSPS) is 10.6. The average molecular weight is 372 g/mol. The first kappa shape index (κ1) is 17.6. The Bertz CT molecular complexity index is 864. The van der Waals surface area contributed by atoms with Crippen LogP contribution in [0.25, 0.3) is 11.3 Å². The second-order valence-corrected chi connectivity index (χ2v) is 6.86. The van der Waals surface area contributed by atoms with Crippen LogP contribution in [0.5, 0.6) is 0 Å². The largest absolute Gasteiger partial charge is 0.351 e. The number of nitrogens with zero attached hydrogens (tertiary/aromatic N) is 2. The Hall–Kier alpha value is -2.24. The summed E-state index contributed by atoms with van der Waals surface area (Å²) in [6.45, 7) is 0.425. The number of nitrogens with one attached hydrogen (secondary N) is 1. The number of thioether (sulfide) groups is 1. The smallest absolute Gasteiger partial charge is 0.230 e. The van der Waals surface area contributed by atoms with E-state index in [4.69, 9.17) is 11.6 Å². The van der Waals surface area contributed by atoms with Crippen molar-refractivity contribution in [2.75, 3.05) is 5.75 Å². The van der Waals surface area contributed by atoms with Gasteiger partial charge in [0, 0.05) is 18.6 Å². The van der Waals surface area contributed by atoms with Crippen LogP contribution in [0.15, 0.2) is 66.0 Å². The average Bonchev–Trinajstić information content (AvgIpc) is 3.00. The first-order valence-electron chi connectivity index (χ1n) is 7.85. The van der Waals surface area contributed by atoms with E-state index in [1.807, 2.05) is 72.4 Å². The number of aromatic nitrogens is 2. The summed E-state index contributed by atoms with van der Waals surface area (Å²) in [4.78, 5) is 16.5. The third kappa shape index (κ3) is 4.44. The molecule has 0 saturated heterocycles. The number of benzene rings is 2. The van der Waals surface area contributed by atoms with Crippen LogP contribution in [0.1, 0.15) is 5.56 Å². The number of imidazole rings is 1. The molecule has 128 valence electrons. The van der Waals surface area contributed by atoms with Crippen LogP contribution < -0.4 is 5.32 Å². The molecule has 1 heterocycles. The predicted octanol–water partition coefficient (Wildman–Crippen LogP) is 4.15. The quantitative estimate of drug-likeness (QED) is 0.662. The molecule has 0 bridgehead atoms. The summed E-state index contributed by atoms with van der Waals surface area (Å²) in [5, 5.41) is 4.36. The molecule has 0 spiro atoms. The molecule has 3 rings (SSSR count). The summed E-state index contributed by atoms with van der Waals surface area (Å²) < 4.78 is 2.00. The Morgan fingerprint density at radius 2 is 1.88 bits per heavy atom. The number of amides is 1. The predicted molar refractivity (Wildman–Crippen MR) is 103 cm³/mol. The Morgan fingerprint density at radius 1 is 1.16 bits per heavy atom. The molecule has 2 aromatic carbocycles. The Kier molecular flexibility index (Phi) is 5.79. The molecule has 1 aromatic heterocycles. The van der Waals surface area contributed by atoms with Crippen LogP contribution in [0.3, 0.4) is 0 Å². The Balaban J connectivity index is 1.56. The van der Waals surface area contributed by atoms with Crippen molar-refractivity contribution >= 4 is 29.3 Å². The fourth-order valence-electron chi connectivity index (χ4n) is 2.42. The summed E-state index contributed by atoms with van der Waals surface area (Å²) in [6.07, 6.45) is 1.83. The van der Waals surface area contributed by atoms with Gasteiger partial charge in [0.05, 0.1) is 17.6 Å². The minimum Gasteiger partial charge on any atom is -0.351 e. The van der Waals surface area contributed by atoms with Gasteiger partial charge < -0.3 is 9.88 Å². The zero-order valence-electron chi connectivity index (χ0n) is 13.8. The summed E-state index contributed by atoms with van der Waals surface area (Å²) in [5.74, 6) is 0.262. The molecule has 0 atom stereocenters. The summed E-state index contributed by atoms with van der Waals surface area (Å²) in [7, 11) is 1.96. The molecule has 6 heteroatoms. The molecule has 0 radical (unpaired) electrons. The standard InChI is InChI=1S/C19H18ClN3OS/c1-23-17(14-7-3-2-4-8-14)12-22-19(23)25-13-18(24)21-11-15-9-5-6-10-16(15)20/h2-10,12H,11,13H2,1H3,(H,21,24). The van der Waals surface area contributed by atoms with Crippen LogP contribution in [-0.2, 0) is 18.4 Å². The van der Waals surface area contributed by atoms with Gasteiger partial charge in [0.25, 0.3) is 0 Å². The van der Waals surface area contributed by atoms with E-state index in [-0.39, 0.29) is 5.91 Å². The van der Waals surface area contributed by atoms with E-state index in [2.05, 4.69) is 10.3 Å². The minimum absolute atomic E-state index is 0.0471. The lowest BCUT2D eigenvalue weighted by molar-refractivity contribution is -0.118. The van der Waals surface area contributed by atoms with Gasteiger partial charge in [-0.1, -0.05) is 71.9 Å². The number of carbonyl (C=O) groups is 1. The zero-order chi connectivity index (χ0) is 17.6. The monoisotopic (exact) mass is 371 g/mol. The highest BCUT2D eigenvalue weighted by molar-refractivity contribution is 7.99. The van der Waals surface area contributed by atoms with E-state index in [1.54, 1.807) is 0 Å². The molecule has 3 aromatic rings. The lowest BCUT2D eigenvalue weighted by atomic mass is 10.2. The second-order valence-electron chi connectivity index (χ2n) is 5.51. The molecule has 25 heavy (non-hydrogen) atoms. The lowest BCUT2D eigenvalue weighted by Gasteiger charge is -2.08. The second kappa shape index (κ2) is 8.23. The van der Waals surface area contributed by atoms with Crippen LogP contribution in [-0.4, -0.2) is 21.2 Å². The molecular formula is C19H18ClN3OS. The topological polar surface area (TPSA) is 46.9 Å². The van der Waals surface area contributed by atoms with Gasteiger partial charge in [0.2, 0.25) is 5.91 Å². The van der Waals surface area contributed by atoms with Gasteiger partial charge >= 0.3 is 0 Å². The third-order valence-corrected chi connectivity index (χ3v) is 5.19. The SMILES string of the molecule is Cn1c(-c2ccccc2)cnc1SCC(=O)NCc1ccccc1Cl. The van der Waals surface area contributed by atoms with Gasteiger partial charge in [0.15, 0.2) is 5.16 Å². The van der Waals surface area contributed by atoms with E-state index >= 15 is 0 Å². The van der Waals surface area contributed by atoms with Crippen molar-refractivity contribution < 1.29 is 4.79 Å². The van der Waals surface area contributed by atoms with Gasteiger partial charge in [-0.05, 0) is 17.2 Å². The summed E-state index contributed by atoms with van der Waals surface area (Å²) in [6, 6.07) is 17.6. The molecule has 0 aliphatic carbocycles. The number of hydrogen-bond donors (Lipinski definition) is 1. The minimum atomic E-state index is -0.0471. The highest BCUT2D eigenvalue weighted by Gasteiger charge is 2.11. The molecule has 1 N–H and O–H groups in total. The molecule has 4 nitrogen and oxygen atoms in total. The van der Waals surface area contributed by atoms with Gasteiger partial charge in [-0.15, -0.1) is 0 Å². The Labute approximate surface area is 156 Å². The number of carbonyl (C=O) groups excluding carboxylic acids is 1. The maximum atomic E-state index is 12.1. The molecule has 0 fully saturated rings. The molecular weight excluding hydrogens is 354 g/mol. The van der Waals surface area contributed by atoms with E-state index in [1.165, 1.54) is 11.8 Å². The molecule has 0 aliphatic heterocycles.